The van der Waals surface area contributed by atoms with Crippen LogP contribution in [0.1, 0.15) is 12.0 Å². The van der Waals surface area contributed by atoms with Gasteiger partial charge in [-0.3, -0.25) is 9.59 Å². The van der Waals surface area contributed by atoms with Gasteiger partial charge >= 0.3 is 0 Å². The van der Waals surface area contributed by atoms with Gasteiger partial charge in [-0.25, -0.2) is 0 Å². The quantitative estimate of drug-likeness (QED) is 0.474. The van der Waals surface area contributed by atoms with Crippen molar-refractivity contribution in [2.45, 2.75) is 6.42 Å². The lowest BCUT2D eigenvalue weighted by molar-refractivity contribution is -0.140. The minimum Gasteiger partial charge on any atom is -0.478 e. The van der Waals surface area contributed by atoms with E-state index in [1.54, 1.807) is 18.2 Å². The van der Waals surface area contributed by atoms with Gasteiger partial charge in [-0.2, -0.15) is 15.4 Å². The Hall–Kier alpha value is -2.94. The van der Waals surface area contributed by atoms with Crippen LogP contribution in [0.3, 0.4) is 0 Å². The van der Waals surface area contributed by atoms with Crippen molar-refractivity contribution >= 4 is 18.0 Å². The van der Waals surface area contributed by atoms with Crippen molar-refractivity contribution in [1.82, 2.24) is 5.01 Å². The molecule has 0 aromatic heterocycles. The normalized spacial score (nSPS) is 36.2. The molecule has 4 aliphatic carbocycles. The minimum atomic E-state index is -0.247. The van der Waals surface area contributed by atoms with E-state index in [4.69, 9.17) is 10.00 Å². The van der Waals surface area contributed by atoms with Crippen LogP contribution in [0.4, 0.5) is 0 Å². The van der Waals surface area contributed by atoms with Gasteiger partial charge in [0.05, 0.1) is 18.1 Å². The molecule has 26 heavy (non-hydrogen) atoms. The summed E-state index contributed by atoms with van der Waals surface area (Å²) in [5, 5.41) is 13.9. The first-order valence-electron chi connectivity index (χ1n) is 8.89. The number of hydrogen-bond acceptors (Lipinski definition) is 5. The van der Waals surface area contributed by atoms with Gasteiger partial charge in [0.2, 0.25) is 0 Å². The molecule has 2 bridgehead atoms. The molecule has 130 valence electrons. The SMILES string of the molecule is N#CCOc1ccccc1/C=N\N1C(=O)[C@@H]2[C@H]3C=C[C@@H]([C@@H]4C[C@@H]34)[C@H]2C1=O. The molecule has 6 nitrogen and oxygen atoms in total. The number of imide groups is 1. The molecule has 6 heteroatoms. The summed E-state index contributed by atoms with van der Waals surface area (Å²) < 4.78 is 5.36. The summed E-state index contributed by atoms with van der Waals surface area (Å²) in [6.07, 6.45) is 6.89. The highest BCUT2D eigenvalue weighted by atomic mass is 16.5. The highest BCUT2D eigenvalue weighted by molar-refractivity contribution is 6.06. The van der Waals surface area contributed by atoms with E-state index in [0.717, 1.165) is 11.4 Å². The Bertz CT molecular complexity index is 864. The summed E-state index contributed by atoms with van der Waals surface area (Å²) >= 11 is 0. The van der Waals surface area contributed by atoms with Gasteiger partial charge in [-0.15, -0.1) is 0 Å². The van der Waals surface area contributed by atoms with Crippen LogP contribution in [0.2, 0.25) is 0 Å². The molecule has 0 radical (unpaired) electrons. The van der Waals surface area contributed by atoms with Gasteiger partial charge in [0.25, 0.3) is 11.8 Å². The molecular weight excluding hydrogens is 330 g/mol. The molecule has 0 unspecified atom stereocenters. The van der Waals surface area contributed by atoms with Crippen LogP contribution in [0.25, 0.3) is 0 Å². The van der Waals surface area contributed by atoms with Crippen LogP contribution in [0, 0.1) is 46.8 Å². The maximum absolute atomic E-state index is 12.9. The average molecular weight is 347 g/mol. The lowest BCUT2D eigenvalue weighted by Gasteiger charge is -2.37. The standard InChI is InChI=1S/C20H17N3O3/c21-7-8-26-16-4-2-1-3-11(16)10-22-23-19(24)17-12-5-6-13(15-9-14(12)15)18(17)20(23)25/h1-6,10,12-15,17-18H,8-9H2/b22-10-/t12-,13-,14-,15-,17+,18+/m0/s1. The lowest BCUT2D eigenvalue weighted by Crippen LogP contribution is -2.40. The number of ether oxygens (including phenoxy) is 1. The van der Waals surface area contributed by atoms with Crippen LogP contribution in [0.15, 0.2) is 41.5 Å². The zero-order valence-corrected chi connectivity index (χ0v) is 14.0. The lowest BCUT2D eigenvalue weighted by atomic mass is 9.63. The molecule has 1 aliphatic heterocycles. The number of hydrazone groups is 1. The highest BCUT2D eigenvalue weighted by Crippen LogP contribution is 2.65. The van der Waals surface area contributed by atoms with Gasteiger partial charge in [0.15, 0.2) is 6.61 Å². The van der Waals surface area contributed by atoms with Crippen LogP contribution < -0.4 is 4.74 Å². The zero-order valence-electron chi connectivity index (χ0n) is 14.0. The number of amides is 2. The summed E-state index contributed by atoms with van der Waals surface area (Å²) in [6, 6.07) is 9.02. The molecule has 1 aromatic carbocycles. The predicted molar refractivity (Wildman–Crippen MR) is 91.7 cm³/mol. The molecule has 0 spiro atoms. The van der Waals surface area contributed by atoms with Gasteiger partial charge < -0.3 is 4.74 Å². The van der Waals surface area contributed by atoms with Crippen molar-refractivity contribution < 1.29 is 14.3 Å². The highest BCUT2D eigenvalue weighted by Gasteiger charge is 2.67. The van der Waals surface area contributed by atoms with E-state index >= 15 is 0 Å². The summed E-state index contributed by atoms with van der Waals surface area (Å²) in [4.78, 5) is 25.7. The first-order chi connectivity index (χ1) is 12.7. The third-order valence-electron chi connectivity index (χ3n) is 6.16. The van der Waals surface area contributed by atoms with Crippen molar-refractivity contribution in [2.75, 3.05) is 6.61 Å². The van der Waals surface area contributed by atoms with E-state index < -0.39 is 0 Å². The molecule has 6 rings (SSSR count). The first kappa shape index (κ1) is 15.3. The second-order valence-corrected chi connectivity index (χ2v) is 7.37. The Morgan fingerprint density at radius 1 is 1.15 bits per heavy atom. The first-order valence-corrected chi connectivity index (χ1v) is 8.89. The van der Waals surface area contributed by atoms with Crippen molar-refractivity contribution in [3.05, 3.63) is 42.0 Å². The van der Waals surface area contributed by atoms with Crippen LogP contribution in [-0.4, -0.2) is 29.6 Å². The molecular formula is C20H17N3O3. The number of carbonyl (C=O) groups is 2. The Balaban J connectivity index is 1.41. The summed E-state index contributed by atoms with van der Waals surface area (Å²) in [6.45, 7) is -0.0750. The van der Waals surface area contributed by atoms with E-state index in [1.807, 2.05) is 12.1 Å². The number of allylic oxidation sites excluding steroid dienone is 2. The maximum Gasteiger partial charge on any atom is 0.254 e. The third kappa shape index (κ3) is 2.07. The molecule has 3 fully saturated rings. The predicted octanol–water partition coefficient (Wildman–Crippen LogP) is 1.98. The minimum absolute atomic E-state index is 0.0750. The van der Waals surface area contributed by atoms with Crippen molar-refractivity contribution in [3.63, 3.8) is 0 Å². The van der Waals surface area contributed by atoms with E-state index in [2.05, 4.69) is 17.3 Å². The fourth-order valence-electron chi connectivity index (χ4n) is 5.00. The fourth-order valence-corrected chi connectivity index (χ4v) is 5.00. The number of carbonyl (C=O) groups excluding carboxylic acids is 2. The number of nitrogens with zero attached hydrogens (tertiary/aromatic N) is 3. The molecule has 5 aliphatic rings. The molecule has 2 saturated carbocycles. The Morgan fingerprint density at radius 2 is 1.81 bits per heavy atom. The number of nitriles is 1. The fraction of sp³-hybridized carbons (Fsp3) is 0.400. The third-order valence-corrected chi connectivity index (χ3v) is 6.16. The monoisotopic (exact) mass is 347 g/mol. The molecule has 2 amide bonds. The zero-order chi connectivity index (χ0) is 17.8. The second-order valence-electron chi connectivity index (χ2n) is 7.37. The Kier molecular flexibility index (Phi) is 3.26. The molecule has 1 aromatic rings. The van der Waals surface area contributed by atoms with Gasteiger partial charge in [-0.05, 0) is 42.2 Å². The van der Waals surface area contributed by atoms with Crippen LogP contribution in [0.5, 0.6) is 5.75 Å². The Morgan fingerprint density at radius 3 is 2.46 bits per heavy atom. The van der Waals surface area contributed by atoms with E-state index in [0.29, 0.717) is 23.1 Å². The van der Waals surface area contributed by atoms with E-state index in [-0.39, 0.29) is 42.1 Å². The average Bonchev–Trinajstić information content (AvgIpc) is 3.44. The molecule has 1 saturated heterocycles. The van der Waals surface area contributed by atoms with Crippen LogP contribution in [-0.2, 0) is 9.59 Å². The van der Waals surface area contributed by atoms with Gasteiger partial charge in [-0.1, -0.05) is 24.3 Å². The van der Waals surface area contributed by atoms with Gasteiger partial charge in [0.1, 0.15) is 11.8 Å². The summed E-state index contributed by atoms with van der Waals surface area (Å²) in [7, 11) is 0. The van der Waals surface area contributed by atoms with Crippen molar-refractivity contribution in [3.8, 4) is 11.8 Å². The number of benzene rings is 1. The summed E-state index contributed by atoms with van der Waals surface area (Å²) in [5.74, 6) is 1.17. The number of hydrogen-bond donors (Lipinski definition) is 0. The summed E-state index contributed by atoms with van der Waals surface area (Å²) in [5.41, 5.74) is 0.627. The van der Waals surface area contributed by atoms with Crippen molar-refractivity contribution in [2.24, 2.45) is 40.6 Å². The smallest absolute Gasteiger partial charge is 0.254 e. The largest absolute Gasteiger partial charge is 0.478 e. The maximum atomic E-state index is 12.9. The van der Waals surface area contributed by atoms with Gasteiger partial charge in [0, 0.05) is 5.56 Å². The molecule has 6 atom stereocenters. The molecule has 0 N–H and O–H groups in total. The number of para-hydroxylation sites is 1. The topological polar surface area (TPSA) is 82.8 Å². The van der Waals surface area contributed by atoms with E-state index in [9.17, 15) is 9.59 Å². The number of rotatable bonds is 4. The molecule has 1 heterocycles. The van der Waals surface area contributed by atoms with Crippen molar-refractivity contribution in [1.29, 1.82) is 5.26 Å². The van der Waals surface area contributed by atoms with Crippen LogP contribution >= 0.6 is 0 Å². The van der Waals surface area contributed by atoms with E-state index in [1.165, 1.54) is 6.21 Å². The second kappa shape index (κ2) is 5.53. The Labute approximate surface area is 150 Å².